The fourth-order valence-electron chi connectivity index (χ4n) is 3.94. The number of oxime groups is 1. The smallest absolute Gasteiger partial charge is 0.328 e. The number of aliphatic hydroxyl groups is 1. The summed E-state index contributed by atoms with van der Waals surface area (Å²) in [5.41, 5.74) is 1.62. The maximum atomic E-state index is 13.4. The Labute approximate surface area is 195 Å². The van der Waals surface area contributed by atoms with E-state index < -0.39 is 12.1 Å². The number of hydrogen-bond acceptors (Lipinski definition) is 7. The third kappa shape index (κ3) is 3.87. The molecule has 3 atom stereocenters. The van der Waals surface area contributed by atoms with Crippen LogP contribution in [-0.4, -0.2) is 26.8 Å². The van der Waals surface area contributed by atoms with Crippen LogP contribution >= 0.6 is 38.9 Å². The first-order chi connectivity index (χ1) is 15.0. The van der Waals surface area contributed by atoms with Gasteiger partial charge in [-0.15, -0.1) is 11.3 Å². The number of halogens is 2. The van der Waals surface area contributed by atoms with Crippen LogP contribution in [0.5, 0.6) is 0 Å². The fraction of sp³-hybridized carbons (Fsp3) is 0.238. The van der Waals surface area contributed by atoms with Crippen LogP contribution in [0.15, 0.2) is 60.0 Å². The van der Waals surface area contributed by atoms with E-state index in [-0.39, 0.29) is 12.0 Å². The molecule has 31 heavy (non-hydrogen) atoms. The molecule has 4 heterocycles. The van der Waals surface area contributed by atoms with Crippen molar-refractivity contribution in [2.45, 2.75) is 31.2 Å². The van der Waals surface area contributed by atoms with Crippen LogP contribution in [0.1, 0.15) is 39.2 Å². The average Bonchev–Trinajstić information content (AvgIpc) is 3.39. The third-order valence-electron chi connectivity index (χ3n) is 5.38. The Kier molecular flexibility index (Phi) is 5.51. The maximum absolute atomic E-state index is 13.4. The molecule has 3 unspecified atom stereocenters. The minimum Gasteiger partial charge on any atom is -0.386 e. The molecule has 0 saturated heterocycles. The summed E-state index contributed by atoms with van der Waals surface area (Å²) in [6.45, 7) is 0.381. The van der Waals surface area contributed by atoms with Crippen molar-refractivity contribution in [1.82, 2.24) is 4.98 Å². The Bertz CT molecular complexity index is 1190. The number of nitrogens with zero attached hydrogens (tertiary/aromatic N) is 4. The largest absolute Gasteiger partial charge is 0.386 e. The molecule has 3 aromatic rings. The molecule has 2 aromatic heterocycles. The molecule has 10 heteroatoms. The zero-order valence-corrected chi connectivity index (χ0v) is 19.2. The Balaban J connectivity index is 1.52. The molecule has 0 radical (unpaired) electrons. The molecule has 2 aliphatic heterocycles. The highest BCUT2D eigenvalue weighted by Gasteiger charge is 2.47. The lowest BCUT2D eigenvalue weighted by Crippen LogP contribution is -2.61. The molecule has 0 aliphatic carbocycles. The lowest BCUT2D eigenvalue weighted by molar-refractivity contribution is -0.568. The number of rotatable bonds is 4. The van der Waals surface area contributed by atoms with Crippen molar-refractivity contribution in [2.24, 2.45) is 5.16 Å². The molecule has 5 rings (SSSR count). The van der Waals surface area contributed by atoms with E-state index in [0.717, 1.165) is 20.6 Å². The van der Waals surface area contributed by atoms with Gasteiger partial charge < -0.3 is 9.94 Å². The predicted molar refractivity (Wildman–Crippen MR) is 121 cm³/mol. The van der Waals surface area contributed by atoms with Crippen molar-refractivity contribution < 1.29 is 19.3 Å². The molecule has 7 nitrogen and oxygen atoms in total. The van der Waals surface area contributed by atoms with E-state index in [9.17, 15) is 9.90 Å². The molecular weight excluding hydrogens is 504 g/mol. The van der Waals surface area contributed by atoms with Crippen molar-refractivity contribution in [3.63, 3.8) is 0 Å². The Morgan fingerprint density at radius 1 is 1.29 bits per heavy atom. The molecule has 158 valence electrons. The van der Waals surface area contributed by atoms with E-state index in [0.29, 0.717) is 23.3 Å². The lowest BCUT2D eigenvalue weighted by atomic mass is 9.91. The van der Waals surface area contributed by atoms with Crippen LogP contribution < -0.4 is 9.47 Å². The molecule has 1 N–H and O–H groups in total. The van der Waals surface area contributed by atoms with E-state index in [1.807, 2.05) is 36.4 Å². The topological polar surface area (TPSA) is 78.9 Å². The van der Waals surface area contributed by atoms with Gasteiger partial charge in [-0.05, 0) is 33.1 Å². The van der Waals surface area contributed by atoms with Gasteiger partial charge in [-0.2, -0.15) is 4.57 Å². The Morgan fingerprint density at radius 2 is 2.13 bits per heavy atom. The van der Waals surface area contributed by atoms with Gasteiger partial charge in [0.25, 0.3) is 5.82 Å². The van der Waals surface area contributed by atoms with Gasteiger partial charge in [-0.25, -0.2) is 14.7 Å². The highest BCUT2D eigenvalue weighted by molar-refractivity contribution is 9.18. The first-order valence-corrected chi connectivity index (χ1v) is 11.6. The number of carbonyl (C=O) groups is 1. The van der Waals surface area contributed by atoms with E-state index in [1.165, 1.54) is 11.3 Å². The number of carbonyl (C=O) groups excluding carboxylic acids is 1. The van der Waals surface area contributed by atoms with Gasteiger partial charge in [0.1, 0.15) is 11.2 Å². The number of hydrogen-bond donors (Lipinski definition) is 1. The van der Waals surface area contributed by atoms with Crippen molar-refractivity contribution in [1.29, 1.82) is 0 Å². The van der Waals surface area contributed by atoms with Gasteiger partial charge in [0, 0.05) is 18.7 Å². The van der Waals surface area contributed by atoms with E-state index in [1.54, 1.807) is 27.9 Å². The molecule has 0 amide bonds. The molecule has 0 bridgehead atoms. The van der Waals surface area contributed by atoms with Gasteiger partial charge in [-0.1, -0.05) is 47.1 Å². The Morgan fingerprint density at radius 3 is 2.87 bits per heavy atom. The molecule has 0 spiro atoms. The van der Waals surface area contributed by atoms with Crippen LogP contribution in [0, 0.1) is 0 Å². The van der Waals surface area contributed by atoms with Crippen LogP contribution in [0.2, 0.25) is 4.47 Å². The predicted octanol–water partition coefficient (Wildman–Crippen LogP) is 4.02. The van der Waals surface area contributed by atoms with Crippen molar-refractivity contribution >= 4 is 55.2 Å². The standard InChI is InChI=1S/C21H17BrClN4O3S/c22-16-9-15(30-25-16)12-4-3-5-13(8-12)18-19(28)26-7-2-1-6-17(26)27(20(18)29)11-14-10-24-21(23)31-14/h1-8,10,15,18,20,29H,9,11H2/q+1. The first-order valence-electron chi connectivity index (χ1n) is 9.59. The van der Waals surface area contributed by atoms with Gasteiger partial charge in [0.15, 0.2) is 16.5 Å². The number of benzene rings is 1. The van der Waals surface area contributed by atoms with E-state index in [4.69, 9.17) is 16.4 Å². The number of pyridine rings is 1. The Hall–Kier alpha value is -2.33. The van der Waals surface area contributed by atoms with Crippen molar-refractivity contribution in [3.8, 4) is 0 Å². The molecule has 1 aromatic carbocycles. The normalized spacial score (nSPS) is 22.8. The number of thiazole rings is 1. The van der Waals surface area contributed by atoms with Crippen molar-refractivity contribution in [2.75, 3.05) is 4.90 Å². The molecule has 0 saturated carbocycles. The SMILES string of the molecule is O=C1C(c2cccc(C3CC(Br)=NO3)c2)C(O)N(Cc2cnc(Cl)s2)c2cccc[n+]21. The van der Waals surface area contributed by atoms with Crippen LogP contribution in [0.4, 0.5) is 5.82 Å². The summed E-state index contributed by atoms with van der Waals surface area (Å²) in [6.07, 6.45) is 2.76. The summed E-state index contributed by atoms with van der Waals surface area (Å²) in [5.74, 6) is -0.342. The molecular formula is C21H17BrClN4O3S+. The van der Waals surface area contributed by atoms with E-state index >= 15 is 0 Å². The van der Waals surface area contributed by atoms with Crippen LogP contribution in [0.25, 0.3) is 0 Å². The van der Waals surface area contributed by atoms with Crippen LogP contribution in [0.3, 0.4) is 0 Å². The monoisotopic (exact) mass is 519 g/mol. The quantitative estimate of drug-likeness (QED) is 0.526. The van der Waals surface area contributed by atoms with Crippen LogP contribution in [-0.2, 0) is 11.4 Å². The van der Waals surface area contributed by atoms with E-state index in [2.05, 4.69) is 26.1 Å². The number of aromatic nitrogens is 2. The number of fused-ring (bicyclic) bond motifs is 1. The zero-order valence-electron chi connectivity index (χ0n) is 16.1. The second-order valence-electron chi connectivity index (χ2n) is 7.30. The van der Waals surface area contributed by atoms with Gasteiger partial charge >= 0.3 is 5.91 Å². The van der Waals surface area contributed by atoms with Gasteiger partial charge in [0.05, 0.1) is 11.1 Å². The molecule has 0 fully saturated rings. The highest BCUT2D eigenvalue weighted by atomic mass is 79.9. The second-order valence-corrected chi connectivity index (χ2v) is 9.91. The summed E-state index contributed by atoms with van der Waals surface area (Å²) in [6, 6.07) is 13.0. The highest BCUT2D eigenvalue weighted by Crippen LogP contribution is 2.35. The average molecular weight is 521 g/mol. The summed E-state index contributed by atoms with van der Waals surface area (Å²) >= 11 is 10.7. The fourth-order valence-corrected chi connectivity index (χ4v) is 5.30. The first kappa shape index (κ1) is 20.6. The zero-order chi connectivity index (χ0) is 21.5. The minimum atomic E-state index is -1.06. The molecule has 2 aliphatic rings. The number of aliphatic hydroxyl groups excluding tert-OH is 1. The van der Waals surface area contributed by atoms with Crippen molar-refractivity contribution in [3.05, 3.63) is 75.3 Å². The minimum absolute atomic E-state index is 0.191. The summed E-state index contributed by atoms with van der Waals surface area (Å²) in [4.78, 5) is 25.6. The van der Waals surface area contributed by atoms with Gasteiger partial charge in [-0.3, -0.25) is 0 Å². The second kappa shape index (κ2) is 8.31. The van der Waals surface area contributed by atoms with Gasteiger partial charge in [0.2, 0.25) is 6.23 Å². The maximum Gasteiger partial charge on any atom is 0.328 e. The number of anilines is 1. The summed E-state index contributed by atoms with van der Waals surface area (Å²) < 4.78 is 2.77. The lowest BCUT2D eigenvalue weighted by Gasteiger charge is -2.32. The summed E-state index contributed by atoms with van der Waals surface area (Å²) in [7, 11) is 0. The summed E-state index contributed by atoms with van der Waals surface area (Å²) in [5, 5.41) is 15.3. The third-order valence-corrected chi connectivity index (χ3v) is 6.95.